The summed E-state index contributed by atoms with van der Waals surface area (Å²) >= 11 is 0. The van der Waals surface area contributed by atoms with Crippen LogP contribution >= 0.6 is 0 Å². The number of hydrogen-bond donors (Lipinski definition) is 5. The molecular weight excluding hydrogens is 394 g/mol. The number of carbonyl (C=O) groups excluding carboxylic acids is 2. The average molecular weight is 426 g/mol. The molecule has 1 aliphatic heterocycles. The van der Waals surface area contributed by atoms with Crippen molar-refractivity contribution in [2.75, 3.05) is 18.9 Å². The van der Waals surface area contributed by atoms with Crippen molar-refractivity contribution < 1.29 is 9.59 Å². The van der Waals surface area contributed by atoms with E-state index in [0.29, 0.717) is 23.5 Å². The fourth-order valence-corrected chi connectivity index (χ4v) is 3.05. The minimum atomic E-state index is -0.619. The Kier molecular flexibility index (Phi) is 9.31. The lowest BCUT2D eigenvalue weighted by atomic mass is 10.1. The van der Waals surface area contributed by atoms with Gasteiger partial charge in [-0.25, -0.2) is 9.79 Å². The van der Waals surface area contributed by atoms with Crippen molar-refractivity contribution in [1.82, 2.24) is 20.9 Å². The zero-order valence-electron chi connectivity index (χ0n) is 18.2. The topological polar surface area (TPSA) is 124 Å². The summed E-state index contributed by atoms with van der Waals surface area (Å²) in [5, 5.41) is 11.5. The van der Waals surface area contributed by atoms with Gasteiger partial charge in [0.05, 0.1) is 0 Å². The van der Waals surface area contributed by atoms with E-state index < -0.39 is 6.03 Å². The van der Waals surface area contributed by atoms with E-state index in [0.717, 1.165) is 25.2 Å². The van der Waals surface area contributed by atoms with Gasteiger partial charge < -0.3 is 26.6 Å². The molecule has 3 amide bonds. The second kappa shape index (κ2) is 12.2. The van der Waals surface area contributed by atoms with Gasteiger partial charge in [0.25, 0.3) is 0 Å². The second-order valence-corrected chi connectivity index (χ2v) is 7.04. The van der Waals surface area contributed by atoms with E-state index in [1.165, 1.54) is 11.8 Å². The van der Waals surface area contributed by atoms with Crippen LogP contribution in [0.15, 0.2) is 65.1 Å². The zero-order chi connectivity index (χ0) is 22.6. The first-order chi connectivity index (χ1) is 15.0. The summed E-state index contributed by atoms with van der Waals surface area (Å²) in [6.07, 6.45) is 8.06. The van der Waals surface area contributed by atoms with Gasteiger partial charge in [-0.15, -0.1) is 0 Å². The molecule has 0 spiro atoms. The maximum atomic E-state index is 11.5. The normalized spacial score (nSPS) is 16.5. The van der Waals surface area contributed by atoms with Gasteiger partial charge in [0.1, 0.15) is 12.0 Å². The summed E-state index contributed by atoms with van der Waals surface area (Å²) in [5.74, 6) is 0.639. The molecule has 0 saturated carbocycles. The van der Waals surface area contributed by atoms with Crippen molar-refractivity contribution in [2.24, 2.45) is 10.7 Å². The first-order valence-electron chi connectivity index (χ1n) is 10.1. The lowest BCUT2D eigenvalue weighted by Crippen LogP contribution is -2.43. The van der Waals surface area contributed by atoms with Crippen LogP contribution in [-0.4, -0.2) is 42.9 Å². The Morgan fingerprint density at radius 3 is 2.87 bits per heavy atom. The van der Waals surface area contributed by atoms with Gasteiger partial charge in [-0.05, 0) is 49.7 Å². The monoisotopic (exact) mass is 425 g/mol. The molecule has 166 valence electrons. The third-order valence-corrected chi connectivity index (χ3v) is 4.52. The first-order valence-corrected chi connectivity index (χ1v) is 10.1. The van der Waals surface area contributed by atoms with E-state index in [4.69, 9.17) is 5.73 Å². The van der Waals surface area contributed by atoms with Gasteiger partial charge in [-0.1, -0.05) is 19.1 Å². The van der Waals surface area contributed by atoms with Crippen molar-refractivity contribution in [3.8, 4) is 0 Å². The van der Waals surface area contributed by atoms with Gasteiger partial charge in [0, 0.05) is 42.9 Å². The maximum Gasteiger partial charge on any atom is 0.325 e. The van der Waals surface area contributed by atoms with Crippen molar-refractivity contribution in [3.05, 3.63) is 65.7 Å². The van der Waals surface area contributed by atoms with Gasteiger partial charge in [0.2, 0.25) is 6.41 Å². The van der Waals surface area contributed by atoms with Crippen LogP contribution in [-0.2, 0) is 11.3 Å². The van der Waals surface area contributed by atoms with E-state index in [9.17, 15) is 9.59 Å². The Balaban J connectivity index is 2.08. The quantitative estimate of drug-likeness (QED) is 0.222. The summed E-state index contributed by atoms with van der Waals surface area (Å²) in [7, 11) is 1.91. The molecule has 1 aliphatic rings. The van der Waals surface area contributed by atoms with Crippen LogP contribution in [0.25, 0.3) is 0 Å². The van der Waals surface area contributed by atoms with E-state index in [1.807, 2.05) is 35.5 Å². The Labute approximate surface area is 183 Å². The number of amides is 3. The van der Waals surface area contributed by atoms with Crippen molar-refractivity contribution in [2.45, 2.75) is 33.0 Å². The fourth-order valence-electron chi connectivity index (χ4n) is 3.05. The number of benzene rings is 1. The summed E-state index contributed by atoms with van der Waals surface area (Å²) < 4.78 is 0. The molecule has 0 aromatic heterocycles. The largest absolute Gasteiger partial charge is 0.404 e. The summed E-state index contributed by atoms with van der Waals surface area (Å²) in [4.78, 5) is 28.3. The average Bonchev–Trinajstić information content (AvgIpc) is 2.74. The first kappa shape index (κ1) is 23.7. The predicted molar refractivity (Wildman–Crippen MR) is 124 cm³/mol. The van der Waals surface area contributed by atoms with Crippen molar-refractivity contribution in [1.29, 1.82) is 0 Å². The van der Waals surface area contributed by atoms with Crippen LogP contribution in [0, 0.1) is 0 Å². The molecule has 0 bridgehead atoms. The third kappa shape index (κ3) is 7.31. The van der Waals surface area contributed by atoms with E-state index >= 15 is 0 Å². The predicted octanol–water partition coefficient (Wildman–Crippen LogP) is 1.98. The number of amidine groups is 1. The standard InChI is InChI=1S/C22H31N7O2/c1-4-9-24-14-17-6-5-7-19(12-17)28-20-8-10-25-21(29(20)3)18(13-23)11-16(2)27-22(31)26-15-30/h5-8,10-13,15,20,24,28H,4,9,14,23H2,1-3H3,(H2,26,27,30,31)/b16-11-,18-13?. The molecule has 1 atom stereocenters. The molecule has 9 nitrogen and oxygen atoms in total. The lowest BCUT2D eigenvalue weighted by Gasteiger charge is -2.32. The van der Waals surface area contributed by atoms with E-state index in [2.05, 4.69) is 40.0 Å². The summed E-state index contributed by atoms with van der Waals surface area (Å²) in [6.45, 7) is 5.65. The molecule has 31 heavy (non-hydrogen) atoms. The molecule has 1 heterocycles. The lowest BCUT2D eigenvalue weighted by molar-refractivity contribution is -0.108. The number of hydrogen-bond acceptors (Lipinski definition) is 7. The molecule has 0 fully saturated rings. The number of likely N-dealkylation sites (N-methyl/N-ethyl adjacent to an activating group) is 1. The highest BCUT2D eigenvalue weighted by atomic mass is 16.2. The maximum absolute atomic E-state index is 11.5. The Bertz CT molecular complexity index is 890. The molecule has 1 unspecified atom stereocenters. The number of nitrogens with zero attached hydrogens (tertiary/aromatic N) is 2. The van der Waals surface area contributed by atoms with Crippen LogP contribution in [0.4, 0.5) is 10.5 Å². The number of imide groups is 1. The van der Waals surface area contributed by atoms with Crippen LogP contribution in [0.2, 0.25) is 0 Å². The smallest absolute Gasteiger partial charge is 0.325 e. The summed E-state index contributed by atoms with van der Waals surface area (Å²) in [5.41, 5.74) is 9.17. The number of carbonyl (C=O) groups is 2. The van der Waals surface area contributed by atoms with Crippen LogP contribution in [0.3, 0.4) is 0 Å². The zero-order valence-corrected chi connectivity index (χ0v) is 18.2. The van der Waals surface area contributed by atoms with Gasteiger partial charge in [-0.2, -0.15) is 0 Å². The van der Waals surface area contributed by atoms with Crippen LogP contribution < -0.4 is 27.0 Å². The number of urea groups is 1. The molecule has 0 radical (unpaired) electrons. The van der Waals surface area contributed by atoms with Crippen LogP contribution in [0.5, 0.6) is 0 Å². The molecule has 9 heteroatoms. The molecular formula is C22H31N7O2. The number of anilines is 1. The Hall–Kier alpha value is -3.59. The van der Waals surface area contributed by atoms with Crippen molar-refractivity contribution in [3.63, 3.8) is 0 Å². The van der Waals surface area contributed by atoms with E-state index in [1.54, 1.807) is 19.2 Å². The Morgan fingerprint density at radius 2 is 2.16 bits per heavy atom. The molecule has 1 aromatic rings. The fraction of sp³-hybridized carbons (Fsp3) is 0.318. The van der Waals surface area contributed by atoms with Gasteiger partial charge in [0.15, 0.2) is 0 Å². The molecule has 1 aromatic carbocycles. The van der Waals surface area contributed by atoms with Gasteiger partial charge in [-0.3, -0.25) is 10.1 Å². The Morgan fingerprint density at radius 1 is 1.35 bits per heavy atom. The highest BCUT2D eigenvalue weighted by Gasteiger charge is 2.21. The highest BCUT2D eigenvalue weighted by molar-refractivity contribution is 6.02. The third-order valence-electron chi connectivity index (χ3n) is 4.52. The van der Waals surface area contributed by atoms with E-state index in [-0.39, 0.29) is 6.17 Å². The number of rotatable bonds is 10. The summed E-state index contributed by atoms with van der Waals surface area (Å²) in [6, 6.07) is 7.65. The molecule has 6 N–H and O–H groups in total. The number of allylic oxidation sites excluding steroid dienone is 1. The minimum Gasteiger partial charge on any atom is -0.404 e. The molecule has 0 saturated heterocycles. The molecule has 2 rings (SSSR count). The number of aliphatic imine (C=N–C) groups is 1. The number of nitrogens with two attached hydrogens (primary N) is 1. The molecule has 0 aliphatic carbocycles. The number of nitrogens with one attached hydrogen (secondary N) is 4. The van der Waals surface area contributed by atoms with Gasteiger partial charge >= 0.3 is 6.03 Å². The second-order valence-electron chi connectivity index (χ2n) is 7.04. The van der Waals surface area contributed by atoms with Crippen LogP contribution in [0.1, 0.15) is 25.8 Å². The minimum absolute atomic E-state index is 0.138. The van der Waals surface area contributed by atoms with Crippen molar-refractivity contribution >= 4 is 24.0 Å². The SMILES string of the molecule is CCCNCc1cccc(NC2C=CN=C(C(=CN)/C=C(/C)NC(=O)NC=O)N2C)c1. The highest BCUT2D eigenvalue weighted by Crippen LogP contribution is 2.18.